The molecule has 0 bridgehead atoms. The van der Waals surface area contributed by atoms with Crippen LogP contribution in [0.25, 0.3) is 21.9 Å². The Morgan fingerprint density at radius 1 is 1.13 bits per heavy atom. The van der Waals surface area contributed by atoms with Crippen molar-refractivity contribution in [3.8, 4) is 0 Å². The third kappa shape index (κ3) is 3.53. The van der Waals surface area contributed by atoms with Crippen LogP contribution >= 0.6 is 12.2 Å². The number of hydrogen-bond donors (Lipinski definition) is 2. The number of aryl methyl sites for hydroxylation is 1. The van der Waals surface area contributed by atoms with E-state index in [0.717, 1.165) is 65.4 Å². The molecule has 0 saturated carbocycles. The lowest BCUT2D eigenvalue weighted by Gasteiger charge is -2.28. The van der Waals surface area contributed by atoms with Crippen LogP contribution in [0.1, 0.15) is 12.5 Å². The Labute approximate surface area is 179 Å². The molecule has 1 fully saturated rings. The minimum atomic E-state index is 0.694. The number of H-pyrrole nitrogens is 1. The van der Waals surface area contributed by atoms with Crippen LogP contribution in [-0.2, 0) is 17.8 Å². The molecule has 0 radical (unpaired) electrons. The molecule has 2 N–H and O–H groups in total. The van der Waals surface area contributed by atoms with Crippen molar-refractivity contribution in [3.63, 3.8) is 0 Å². The molecule has 5 rings (SSSR count). The van der Waals surface area contributed by atoms with Gasteiger partial charge in [0, 0.05) is 37.3 Å². The molecule has 3 heterocycles. The summed E-state index contributed by atoms with van der Waals surface area (Å²) in [6, 6.07) is 12.8. The standard InChI is InChI=1S/C22H24N6OS/c1-2-28-20-12-18-17(11-19(20)26-22(28)30)21(25-14-24-18)23-13-15-3-5-16(6-4-15)27-7-9-29-10-8-27/h3-6,11-12,14H,2,7-10,13H2,1H3,(H,26,30)(H,23,24,25). The van der Waals surface area contributed by atoms with Crippen molar-refractivity contribution >= 4 is 45.7 Å². The van der Waals surface area contributed by atoms with Gasteiger partial charge in [0.05, 0.1) is 29.8 Å². The largest absolute Gasteiger partial charge is 0.378 e. The van der Waals surface area contributed by atoms with E-state index in [-0.39, 0.29) is 0 Å². The van der Waals surface area contributed by atoms with Gasteiger partial charge in [-0.25, -0.2) is 9.97 Å². The second-order valence-electron chi connectivity index (χ2n) is 7.40. The third-order valence-corrected chi connectivity index (χ3v) is 5.94. The minimum absolute atomic E-state index is 0.694. The Balaban J connectivity index is 1.38. The number of anilines is 2. The molecule has 0 atom stereocenters. The second-order valence-corrected chi connectivity index (χ2v) is 7.79. The van der Waals surface area contributed by atoms with E-state index in [9.17, 15) is 0 Å². The van der Waals surface area contributed by atoms with Crippen LogP contribution in [0.15, 0.2) is 42.7 Å². The van der Waals surface area contributed by atoms with E-state index in [1.165, 1.54) is 11.3 Å². The number of morpholine rings is 1. The molecule has 0 aliphatic carbocycles. The van der Waals surface area contributed by atoms with Gasteiger partial charge in [-0.3, -0.25) is 0 Å². The Hall–Kier alpha value is -2.97. The quantitative estimate of drug-likeness (QED) is 0.474. The molecule has 1 saturated heterocycles. The molecule has 30 heavy (non-hydrogen) atoms. The zero-order valence-electron chi connectivity index (χ0n) is 16.9. The van der Waals surface area contributed by atoms with Gasteiger partial charge in [0.2, 0.25) is 0 Å². The van der Waals surface area contributed by atoms with Crippen LogP contribution in [-0.4, -0.2) is 45.8 Å². The lowest BCUT2D eigenvalue weighted by atomic mass is 10.1. The van der Waals surface area contributed by atoms with Crippen molar-refractivity contribution in [2.75, 3.05) is 36.5 Å². The molecular formula is C22H24N6OS. The van der Waals surface area contributed by atoms with Crippen LogP contribution in [0.4, 0.5) is 11.5 Å². The molecule has 4 aromatic rings. The van der Waals surface area contributed by atoms with Gasteiger partial charge in [-0.15, -0.1) is 0 Å². The molecule has 1 aliphatic heterocycles. The van der Waals surface area contributed by atoms with E-state index in [4.69, 9.17) is 17.0 Å². The van der Waals surface area contributed by atoms with Gasteiger partial charge in [-0.1, -0.05) is 12.1 Å². The Morgan fingerprint density at radius 3 is 2.70 bits per heavy atom. The van der Waals surface area contributed by atoms with Crippen molar-refractivity contribution in [2.45, 2.75) is 20.0 Å². The molecule has 0 unspecified atom stereocenters. The number of nitrogens with zero attached hydrogens (tertiary/aromatic N) is 4. The number of hydrogen-bond acceptors (Lipinski definition) is 6. The lowest BCUT2D eigenvalue weighted by molar-refractivity contribution is 0.122. The molecule has 1 aliphatic rings. The van der Waals surface area contributed by atoms with E-state index in [1.807, 2.05) is 0 Å². The maximum Gasteiger partial charge on any atom is 0.178 e. The summed E-state index contributed by atoms with van der Waals surface area (Å²) >= 11 is 5.44. The zero-order chi connectivity index (χ0) is 20.5. The van der Waals surface area contributed by atoms with E-state index in [1.54, 1.807) is 6.33 Å². The normalized spacial score (nSPS) is 14.5. The van der Waals surface area contributed by atoms with Gasteiger partial charge in [-0.2, -0.15) is 0 Å². The highest BCUT2D eigenvalue weighted by Gasteiger charge is 2.12. The summed E-state index contributed by atoms with van der Waals surface area (Å²) in [7, 11) is 0. The summed E-state index contributed by atoms with van der Waals surface area (Å²) in [4.78, 5) is 14.6. The highest BCUT2D eigenvalue weighted by atomic mass is 32.1. The van der Waals surface area contributed by atoms with Crippen LogP contribution in [0.5, 0.6) is 0 Å². The molecule has 7 nitrogen and oxygen atoms in total. The van der Waals surface area contributed by atoms with Gasteiger partial charge in [0.15, 0.2) is 4.77 Å². The summed E-state index contributed by atoms with van der Waals surface area (Å²) in [5, 5.41) is 4.45. The number of aromatic amines is 1. The van der Waals surface area contributed by atoms with Crippen molar-refractivity contribution in [1.29, 1.82) is 0 Å². The highest BCUT2D eigenvalue weighted by molar-refractivity contribution is 7.71. The average Bonchev–Trinajstić information content (AvgIpc) is 3.11. The number of fused-ring (bicyclic) bond motifs is 2. The summed E-state index contributed by atoms with van der Waals surface area (Å²) in [5.74, 6) is 0.822. The van der Waals surface area contributed by atoms with E-state index in [0.29, 0.717) is 6.54 Å². The van der Waals surface area contributed by atoms with Crippen LogP contribution in [0.2, 0.25) is 0 Å². The van der Waals surface area contributed by atoms with Crippen molar-refractivity contribution in [1.82, 2.24) is 19.5 Å². The first-order chi connectivity index (χ1) is 14.7. The first-order valence-corrected chi connectivity index (χ1v) is 10.7. The molecule has 0 amide bonds. The fourth-order valence-electron chi connectivity index (χ4n) is 3.99. The Bertz CT molecular complexity index is 1240. The van der Waals surface area contributed by atoms with Gasteiger partial charge in [-0.05, 0) is 49.0 Å². The lowest BCUT2D eigenvalue weighted by Crippen LogP contribution is -2.36. The number of nitrogens with one attached hydrogen (secondary N) is 2. The fourth-order valence-corrected chi connectivity index (χ4v) is 4.33. The summed E-state index contributed by atoms with van der Waals surface area (Å²) in [5.41, 5.74) is 5.42. The van der Waals surface area contributed by atoms with E-state index in [2.05, 4.69) is 73.1 Å². The van der Waals surface area contributed by atoms with E-state index < -0.39 is 0 Å². The first kappa shape index (κ1) is 19.0. The SMILES string of the molecule is CCn1c(=S)[nH]c2cc3c(NCc4ccc(N5CCOCC5)cc4)ncnc3cc21. The molecule has 2 aromatic carbocycles. The van der Waals surface area contributed by atoms with Gasteiger partial charge in [0.1, 0.15) is 12.1 Å². The van der Waals surface area contributed by atoms with Crippen molar-refractivity contribution in [2.24, 2.45) is 0 Å². The smallest absolute Gasteiger partial charge is 0.178 e. The van der Waals surface area contributed by atoms with Crippen LogP contribution in [0.3, 0.4) is 0 Å². The number of aromatic nitrogens is 4. The minimum Gasteiger partial charge on any atom is -0.378 e. The fraction of sp³-hybridized carbons (Fsp3) is 0.318. The maximum atomic E-state index is 5.44. The monoisotopic (exact) mass is 420 g/mol. The second kappa shape index (κ2) is 8.04. The topological polar surface area (TPSA) is 71.0 Å². The van der Waals surface area contributed by atoms with Crippen molar-refractivity contribution < 1.29 is 4.74 Å². The summed E-state index contributed by atoms with van der Waals surface area (Å²) < 4.78 is 8.24. The predicted molar refractivity (Wildman–Crippen MR) is 123 cm³/mol. The van der Waals surface area contributed by atoms with Gasteiger partial charge in [0.25, 0.3) is 0 Å². The molecular weight excluding hydrogens is 396 g/mol. The summed E-state index contributed by atoms with van der Waals surface area (Å²) in [6.45, 7) is 7.08. The number of benzene rings is 2. The predicted octanol–water partition coefficient (Wildman–Crippen LogP) is 4.11. The third-order valence-electron chi connectivity index (χ3n) is 5.62. The highest BCUT2D eigenvalue weighted by Crippen LogP contribution is 2.26. The maximum absolute atomic E-state index is 5.44. The van der Waals surface area contributed by atoms with Crippen LogP contribution in [0, 0.1) is 4.77 Å². The molecule has 154 valence electrons. The summed E-state index contributed by atoms with van der Waals surface area (Å²) in [6.07, 6.45) is 1.61. The van der Waals surface area contributed by atoms with Gasteiger partial charge >= 0.3 is 0 Å². The Kier molecular flexibility index (Phi) is 5.10. The van der Waals surface area contributed by atoms with Crippen molar-refractivity contribution in [3.05, 3.63) is 53.1 Å². The number of ether oxygens (including phenoxy) is 1. The van der Waals surface area contributed by atoms with E-state index >= 15 is 0 Å². The first-order valence-electron chi connectivity index (χ1n) is 10.3. The molecule has 2 aromatic heterocycles. The molecule has 8 heteroatoms. The van der Waals surface area contributed by atoms with Crippen LogP contribution < -0.4 is 10.2 Å². The van der Waals surface area contributed by atoms with Gasteiger partial charge < -0.3 is 24.5 Å². The number of rotatable bonds is 5. The number of imidazole rings is 1. The molecule has 0 spiro atoms. The Morgan fingerprint density at radius 2 is 1.93 bits per heavy atom. The average molecular weight is 421 g/mol. The zero-order valence-corrected chi connectivity index (χ0v) is 17.7.